The maximum Gasteiger partial charge on any atom is 0.342 e. The van der Waals surface area contributed by atoms with E-state index in [-0.39, 0.29) is 36.7 Å². The highest BCUT2D eigenvalue weighted by molar-refractivity contribution is 5.97. The van der Waals surface area contributed by atoms with Gasteiger partial charge in [0.15, 0.2) is 12.6 Å². The maximum absolute atomic E-state index is 12.6. The molecule has 0 bridgehead atoms. The number of esters is 1. The summed E-state index contributed by atoms with van der Waals surface area (Å²) >= 11 is 0. The van der Waals surface area contributed by atoms with Crippen LogP contribution in [0.2, 0.25) is 0 Å². The molecule has 1 aliphatic heterocycles. The van der Waals surface area contributed by atoms with Crippen LogP contribution in [0, 0.1) is 0 Å². The summed E-state index contributed by atoms with van der Waals surface area (Å²) in [6.45, 7) is 1.58. The summed E-state index contributed by atoms with van der Waals surface area (Å²) in [6, 6.07) is 2.79. The number of rotatable bonds is 3. The fraction of sp³-hybridized carbons (Fsp3) is 0.400. The zero-order valence-corrected chi connectivity index (χ0v) is 15.7. The average Bonchev–Trinajstić information content (AvgIpc) is 2.64. The van der Waals surface area contributed by atoms with Gasteiger partial charge in [-0.05, 0) is 31.1 Å². The molecule has 0 aromatic heterocycles. The molecule has 0 aliphatic carbocycles. The van der Waals surface area contributed by atoms with E-state index in [0.717, 1.165) is 6.08 Å². The van der Waals surface area contributed by atoms with E-state index in [4.69, 9.17) is 14.2 Å². The van der Waals surface area contributed by atoms with Crippen molar-refractivity contribution < 1.29 is 39.1 Å². The minimum atomic E-state index is -1.56. The van der Waals surface area contributed by atoms with Crippen molar-refractivity contribution in [2.75, 3.05) is 13.9 Å². The molecule has 3 N–H and O–H groups in total. The first-order valence-electron chi connectivity index (χ1n) is 8.76. The highest BCUT2D eigenvalue weighted by Gasteiger charge is 2.23. The zero-order chi connectivity index (χ0) is 20.7. The van der Waals surface area contributed by atoms with Gasteiger partial charge in [-0.15, -0.1) is 0 Å². The lowest BCUT2D eigenvalue weighted by atomic mass is 10.0. The molecule has 0 fully saturated rings. The number of cyclic esters (lactones) is 1. The Labute approximate surface area is 162 Å². The molecular weight excluding hydrogens is 368 g/mol. The van der Waals surface area contributed by atoms with Gasteiger partial charge in [0.2, 0.25) is 0 Å². The third-order valence-electron chi connectivity index (χ3n) is 4.06. The normalized spacial score (nSPS) is 25.9. The van der Waals surface area contributed by atoms with Crippen molar-refractivity contribution in [1.29, 1.82) is 0 Å². The third-order valence-corrected chi connectivity index (χ3v) is 4.06. The van der Waals surface area contributed by atoms with Crippen LogP contribution in [0.15, 0.2) is 30.4 Å². The van der Waals surface area contributed by atoms with E-state index in [2.05, 4.69) is 0 Å². The van der Waals surface area contributed by atoms with Gasteiger partial charge >= 0.3 is 5.97 Å². The Bertz CT molecular complexity index is 768. The second-order valence-electron chi connectivity index (χ2n) is 6.36. The van der Waals surface area contributed by atoms with E-state index < -0.39 is 30.1 Å². The molecule has 0 amide bonds. The lowest BCUT2D eigenvalue weighted by molar-refractivity contribution is -0.127. The molecule has 3 atom stereocenters. The first-order chi connectivity index (χ1) is 13.3. The first kappa shape index (κ1) is 21.6. The van der Waals surface area contributed by atoms with Crippen LogP contribution in [0.3, 0.4) is 0 Å². The fourth-order valence-corrected chi connectivity index (χ4v) is 2.60. The largest absolute Gasteiger partial charge is 0.507 e. The van der Waals surface area contributed by atoms with Crippen LogP contribution in [0.4, 0.5) is 0 Å². The summed E-state index contributed by atoms with van der Waals surface area (Å²) in [5.74, 6) is -1.43. The van der Waals surface area contributed by atoms with Gasteiger partial charge in [0, 0.05) is 19.6 Å². The summed E-state index contributed by atoms with van der Waals surface area (Å²) in [7, 11) is 1.44. The standard InChI is InChI=1S/C20H24O8/c1-12-5-3-7-15(21)19(24)16(22)8-4-6-13-9-14(27-11-26-2)10-17(23)18(13)20(25)28-12/h3-4,6-7,9-10,12,16,19,22-24H,5,8,11H2,1-2H3/b6-4+,7-3-/t12-,16-,19+/m0/s1. The molecule has 0 radical (unpaired) electrons. The summed E-state index contributed by atoms with van der Waals surface area (Å²) < 4.78 is 15.5. The highest BCUT2D eigenvalue weighted by atomic mass is 16.7. The molecule has 152 valence electrons. The van der Waals surface area contributed by atoms with Crippen LogP contribution in [-0.2, 0) is 14.3 Å². The molecule has 2 rings (SSSR count). The van der Waals surface area contributed by atoms with Crippen molar-refractivity contribution in [2.24, 2.45) is 0 Å². The molecule has 8 heteroatoms. The Morgan fingerprint density at radius 3 is 2.57 bits per heavy atom. The molecular formula is C20H24O8. The minimum absolute atomic E-state index is 0.0461. The van der Waals surface area contributed by atoms with Crippen LogP contribution in [0.1, 0.15) is 35.7 Å². The molecule has 8 nitrogen and oxygen atoms in total. The van der Waals surface area contributed by atoms with Crippen molar-refractivity contribution in [2.45, 2.75) is 38.1 Å². The summed E-state index contributed by atoms with van der Waals surface area (Å²) in [5, 5.41) is 30.2. The Balaban J connectivity index is 2.43. The molecule has 0 spiro atoms. The van der Waals surface area contributed by atoms with Gasteiger partial charge < -0.3 is 29.5 Å². The number of carbonyl (C=O) groups is 2. The van der Waals surface area contributed by atoms with E-state index in [1.807, 2.05) is 0 Å². The Morgan fingerprint density at radius 1 is 1.14 bits per heavy atom. The molecule has 0 saturated heterocycles. The predicted octanol–water partition coefficient (Wildman–Crippen LogP) is 1.57. The van der Waals surface area contributed by atoms with Crippen molar-refractivity contribution >= 4 is 17.8 Å². The van der Waals surface area contributed by atoms with Gasteiger partial charge in [-0.2, -0.15) is 0 Å². The second-order valence-corrected chi connectivity index (χ2v) is 6.36. The number of phenols is 1. The number of carbonyl (C=O) groups excluding carboxylic acids is 2. The number of ether oxygens (including phenoxy) is 3. The number of phenolic OH excluding ortho intramolecular Hbond substituents is 1. The van der Waals surface area contributed by atoms with E-state index in [0.29, 0.717) is 5.56 Å². The number of benzene rings is 1. The van der Waals surface area contributed by atoms with Gasteiger partial charge in [-0.25, -0.2) is 4.79 Å². The van der Waals surface area contributed by atoms with Crippen molar-refractivity contribution in [3.05, 3.63) is 41.5 Å². The maximum atomic E-state index is 12.6. The summed E-state index contributed by atoms with van der Waals surface area (Å²) in [6.07, 6.45) is 2.28. The van der Waals surface area contributed by atoms with Crippen LogP contribution in [0.5, 0.6) is 11.5 Å². The van der Waals surface area contributed by atoms with E-state index in [1.165, 1.54) is 37.5 Å². The minimum Gasteiger partial charge on any atom is -0.507 e. The summed E-state index contributed by atoms with van der Waals surface area (Å²) in [4.78, 5) is 24.4. The van der Waals surface area contributed by atoms with Gasteiger partial charge in [0.1, 0.15) is 29.3 Å². The van der Waals surface area contributed by atoms with Crippen LogP contribution < -0.4 is 4.74 Å². The van der Waals surface area contributed by atoms with Crippen LogP contribution >= 0.6 is 0 Å². The van der Waals surface area contributed by atoms with Crippen molar-refractivity contribution in [3.63, 3.8) is 0 Å². The number of hydrogen-bond acceptors (Lipinski definition) is 8. The lowest BCUT2D eigenvalue weighted by Gasteiger charge is -2.17. The average molecular weight is 392 g/mol. The van der Waals surface area contributed by atoms with Gasteiger partial charge in [0.05, 0.1) is 6.10 Å². The smallest absolute Gasteiger partial charge is 0.342 e. The Kier molecular flexibility index (Phi) is 7.74. The Hall–Kier alpha value is -2.68. The molecule has 28 heavy (non-hydrogen) atoms. The van der Waals surface area contributed by atoms with Crippen LogP contribution in [-0.4, -0.2) is 59.3 Å². The monoisotopic (exact) mass is 392 g/mol. The Morgan fingerprint density at radius 2 is 1.86 bits per heavy atom. The first-order valence-corrected chi connectivity index (χ1v) is 8.76. The molecule has 1 heterocycles. The van der Waals surface area contributed by atoms with Gasteiger partial charge in [-0.3, -0.25) is 4.79 Å². The number of methoxy groups -OCH3 is 1. The van der Waals surface area contributed by atoms with Gasteiger partial charge in [0.25, 0.3) is 0 Å². The highest BCUT2D eigenvalue weighted by Crippen LogP contribution is 2.30. The number of aromatic hydroxyl groups is 1. The third kappa shape index (κ3) is 5.66. The zero-order valence-electron chi connectivity index (χ0n) is 15.7. The molecule has 1 aliphatic rings. The molecule has 0 saturated carbocycles. The second kappa shape index (κ2) is 10.0. The molecule has 1 aromatic carbocycles. The van der Waals surface area contributed by atoms with E-state index >= 15 is 0 Å². The number of hydrogen-bond donors (Lipinski definition) is 3. The molecule has 0 unspecified atom stereocenters. The van der Waals surface area contributed by atoms with Gasteiger partial charge in [-0.1, -0.05) is 18.2 Å². The van der Waals surface area contributed by atoms with E-state index in [9.17, 15) is 24.9 Å². The predicted molar refractivity (Wildman–Crippen MR) is 99.9 cm³/mol. The number of aliphatic hydroxyl groups is 2. The van der Waals surface area contributed by atoms with E-state index in [1.54, 1.807) is 6.92 Å². The van der Waals surface area contributed by atoms with Crippen molar-refractivity contribution in [3.8, 4) is 11.5 Å². The fourth-order valence-electron chi connectivity index (χ4n) is 2.60. The SMILES string of the molecule is COCOc1cc(O)c2c(c1)/C=C/C[C@H](O)[C@H](O)C(=O)/C=C\C[C@H](C)OC2=O. The summed E-state index contributed by atoms with van der Waals surface area (Å²) in [5.41, 5.74) is 0.240. The number of ketones is 1. The lowest BCUT2D eigenvalue weighted by Crippen LogP contribution is -2.32. The number of fused-ring (bicyclic) bond motifs is 1. The van der Waals surface area contributed by atoms with Crippen molar-refractivity contribution in [1.82, 2.24) is 0 Å². The quantitative estimate of drug-likeness (QED) is 0.523. The van der Waals surface area contributed by atoms with Crippen LogP contribution in [0.25, 0.3) is 6.08 Å². The molecule has 1 aromatic rings. The topological polar surface area (TPSA) is 123 Å². The number of aliphatic hydroxyl groups excluding tert-OH is 2.